The van der Waals surface area contributed by atoms with Crippen LogP contribution in [0.3, 0.4) is 0 Å². The Bertz CT molecular complexity index is 1090. The third-order valence-electron chi connectivity index (χ3n) is 6.21. The van der Waals surface area contributed by atoms with Crippen molar-refractivity contribution >= 4 is 11.8 Å². The van der Waals surface area contributed by atoms with Gasteiger partial charge in [0.2, 0.25) is 0 Å². The van der Waals surface area contributed by atoms with Crippen molar-refractivity contribution in [2.75, 3.05) is 13.7 Å². The largest absolute Gasteiger partial charge is 0.504 e. The van der Waals surface area contributed by atoms with E-state index in [1.165, 1.54) is 13.2 Å². The Morgan fingerprint density at radius 3 is 2.59 bits per heavy atom. The van der Waals surface area contributed by atoms with Crippen molar-refractivity contribution in [1.82, 2.24) is 5.32 Å². The number of aromatic hydroxyl groups is 1. The average molecular weight is 434 g/mol. The van der Waals surface area contributed by atoms with Gasteiger partial charge in [0.05, 0.1) is 13.7 Å². The Labute approximate surface area is 187 Å². The maximum atomic E-state index is 13.5. The highest BCUT2D eigenvalue weighted by atomic mass is 16.5. The number of carbonyl (C=O) groups is 2. The van der Waals surface area contributed by atoms with Gasteiger partial charge in [-0.2, -0.15) is 0 Å². The van der Waals surface area contributed by atoms with Crippen molar-refractivity contribution in [3.8, 4) is 11.5 Å². The number of allylic oxidation sites excluding steroid dienone is 2. The van der Waals surface area contributed by atoms with Gasteiger partial charge in [0.1, 0.15) is 5.92 Å². The van der Waals surface area contributed by atoms with Crippen LogP contribution in [0.5, 0.6) is 11.5 Å². The first-order valence-corrected chi connectivity index (χ1v) is 10.7. The monoisotopic (exact) mass is 433 g/mol. The maximum Gasteiger partial charge on any atom is 0.315 e. The molecule has 166 valence electrons. The zero-order chi connectivity index (χ0) is 22.8. The number of methoxy groups -OCH3 is 1. The fourth-order valence-electron chi connectivity index (χ4n) is 4.77. The number of hydrogen-bond donors (Lipinski definition) is 2. The molecule has 2 aromatic carbocycles. The first kappa shape index (κ1) is 21.7. The molecule has 2 aliphatic rings. The predicted octanol–water partition coefficient (Wildman–Crippen LogP) is 4.18. The number of ether oxygens (including phenoxy) is 2. The van der Waals surface area contributed by atoms with Gasteiger partial charge in [0.25, 0.3) is 0 Å². The third-order valence-corrected chi connectivity index (χ3v) is 6.21. The topological polar surface area (TPSA) is 84.9 Å². The van der Waals surface area contributed by atoms with Crippen molar-refractivity contribution in [3.05, 3.63) is 83.2 Å². The van der Waals surface area contributed by atoms with E-state index in [-0.39, 0.29) is 17.5 Å². The molecule has 0 fully saturated rings. The first-order valence-electron chi connectivity index (χ1n) is 10.7. The lowest BCUT2D eigenvalue weighted by Gasteiger charge is -2.40. The number of rotatable bonds is 5. The molecule has 0 radical (unpaired) electrons. The minimum absolute atomic E-state index is 0.00583. The van der Waals surface area contributed by atoms with Crippen molar-refractivity contribution in [3.63, 3.8) is 0 Å². The fourth-order valence-corrected chi connectivity index (χ4v) is 4.77. The van der Waals surface area contributed by atoms with Crippen LogP contribution in [0.25, 0.3) is 0 Å². The highest BCUT2D eigenvalue weighted by Crippen LogP contribution is 2.48. The molecule has 0 amide bonds. The summed E-state index contributed by atoms with van der Waals surface area (Å²) in [6.07, 6.45) is 1.00. The molecule has 1 aliphatic carbocycles. The SMILES string of the molecule is C=C1NC2=C(C(=O)CC(c3ccccc3)C2)C(c2ccc(O)c(OCC)c2)C1C(=O)OC. The maximum absolute atomic E-state index is 13.5. The van der Waals surface area contributed by atoms with Crippen molar-refractivity contribution in [2.24, 2.45) is 5.92 Å². The van der Waals surface area contributed by atoms with E-state index in [9.17, 15) is 14.7 Å². The second-order valence-corrected chi connectivity index (χ2v) is 8.12. The van der Waals surface area contributed by atoms with E-state index in [4.69, 9.17) is 9.47 Å². The number of nitrogens with one attached hydrogen (secondary N) is 1. The van der Waals surface area contributed by atoms with Crippen LogP contribution >= 0.6 is 0 Å². The molecule has 0 bridgehead atoms. The summed E-state index contributed by atoms with van der Waals surface area (Å²) in [7, 11) is 1.33. The van der Waals surface area contributed by atoms with Crippen LogP contribution in [-0.2, 0) is 14.3 Å². The quantitative estimate of drug-likeness (QED) is 0.688. The standard InChI is InChI=1S/C26H27NO5/c1-4-32-22-14-17(10-11-20(22)28)24-23(26(30)31-3)15(2)27-19-12-18(13-21(29)25(19)24)16-8-6-5-7-9-16/h5-11,14,18,23-24,27-28H,2,4,12-13H2,1,3H3. The van der Waals surface area contributed by atoms with Crippen LogP contribution < -0.4 is 10.1 Å². The number of ketones is 1. The number of Topliss-reactive ketones (excluding diaryl/α,β-unsaturated/α-hetero) is 1. The lowest BCUT2D eigenvalue weighted by atomic mass is 9.69. The molecule has 3 unspecified atom stereocenters. The zero-order valence-electron chi connectivity index (χ0n) is 18.3. The Balaban J connectivity index is 1.82. The summed E-state index contributed by atoms with van der Waals surface area (Å²) in [5.41, 5.74) is 3.66. The van der Waals surface area contributed by atoms with Gasteiger partial charge < -0.3 is 19.9 Å². The van der Waals surface area contributed by atoms with Crippen molar-refractivity contribution in [1.29, 1.82) is 0 Å². The second-order valence-electron chi connectivity index (χ2n) is 8.12. The van der Waals surface area contributed by atoms with E-state index in [1.807, 2.05) is 37.3 Å². The Kier molecular flexibility index (Phi) is 6.04. The number of carbonyl (C=O) groups excluding carboxylic acids is 2. The minimum atomic E-state index is -0.769. The molecule has 0 saturated heterocycles. The van der Waals surface area contributed by atoms with Crippen LogP contribution in [-0.4, -0.2) is 30.6 Å². The first-order chi connectivity index (χ1) is 15.4. The lowest BCUT2D eigenvalue weighted by molar-refractivity contribution is -0.144. The summed E-state index contributed by atoms with van der Waals surface area (Å²) >= 11 is 0. The van der Waals surface area contributed by atoms with Gasteiger partial charge >= 0.3 is 5.97 Å². The van der Waals surface area contributed by atoms with Gasteiger partial charge in [-0.25, -0.2) is 0 Å². The van der Waals surface area contributed by atoms with E-state index in [0.717, 1.165) is 11.3 Å². The molecule has 0 saturated carbocycles. The molecule has 2 aromatic rings. The average Bonchev–Trinajstić information content (AvgIpc) is 2.79. The Morgan fingerprint density at radius 2 is 1.91 bits per heavy atom. The number of phenols is 1. The third kappa shape index (κ3) is 3.88. The second kappa shape index (κ2) is 8.91. The zero-order valence-corrected chi connectivity index (χ0v) is 18.3. The summed E-state index contributed by atoms with van der Waals surface area (Å²) in [5.74, 6) is -1.45. The highest BCUT2D eigenvalue weighted by molar-refractivity contribution is 6.01. The van der Waals surface area contributed by atoms with E-state index in [0.29, 0.717) is 42.0 Å². The van der Waals surface area contributed by atoms with Gasteiger partial charge in [-0.05, 0) is 42.5 Å². The Morgan fingerprint density at radius 1 is 1.16 bits per heavy atom. The van der Waals surface area contributed by atoms with Crippen LogP contribution in [0.15, 0.2) is 72.1 Å². The molecular weight excluding hydrogens is 406 g/mol. The lowest BCUT2D eigenvalue weighted by Crippen LogP contribution is -2.42. The van der Waals surface area contributed by atoms with Crippen LogP contribution in [0.4, 0.5) is 0 Å². The predicted molar refractivity (Wildman–Crippen MR) is 120 cm³/mol. The number of phenolic OH excluding ortho intramolecular Hbond substituents is 1. The van der Waals surface area contributed by atoms with Crippen molar-refractivity contribution in [2.45, 2.75) is 31.6 Å². The summed E-state index contributed by atoms with van der Waals surface area (Å²) in [4.78, 5) is 26.2. The van der Waals surface area contributed by atoms with Crippen LogP contribution in [0.2, 0.25) is 0 Å². The highest BCUT2D eigenvalue weighted by Gasteiger charge is 2.45. The number of benzene rings is 2. The molecule has 4 rings (SSSR count). The molecule has 0 spiro atoms. The van der Waals surface area contributed by atoms with Gasteiger partial charge in [0.15, 0.2) is 17.3 Å². The number of hydrogen-bond acceptors (Lipinski definition) is 6. The molecule has 2 N–H and O–H groups in total. The van der Waals surface area contributed by atoms with Crippen molar-refractivity contribution < 1.29 is 24.2 Å². The fraction of sp³-hybridized carbons (Fsp3) is 0.308. The van der Waals surface area contributed by atoms with Gasteiger partial charge in [-0.1, -0.05) is 43.0 Å². The molecule has 6 heteroatoms. The number of esters is 1. The van der Waals surface area contributed by atoms with Gasteiger partial charge in [-0.3, -0.25) is 9.59 Å². The van der Waals surface area contributed by atoms with Gasteiger partial charge in [0, 0.05) is 29.3 Å². The molecule has 6 nitrogen and oxygen atoms in total. The van der Waals surface area contributed by atoms with E-state index in [2.05, 4.69) is 11.9 Å². The minimum Gasteiger partial charge on any atom is -0.504 e. The summed E-state index contributed by atoms with van der Waals surface area (Å²) in [6.45, 7) is 6.29. The summed E-state index contributed by atoms with van der Waals surface area (Å²) < 4.78 is 10.6. The van der Waals surface area contributed by atoms with Crippen LogP contribution in [0.1, 0.15) is 42.7 Å². The molecule has 0 aromatic heterocycles. The van der Waals surface area contributed by atoms with E-state index >= 15 is 0 Å². The van der Waals surface area contributed by atoms with Gasteiger partial charge in [-0.15, -0.1) is 0 Å². The molecule has 1 aliphatic heterocycles. The summed E-state index contributed by atoms with van der Waals surface area (Å²) in [6, 6.07) is 14.9. The van der Waals surface area contributed by atoms with Crippen LogP contribution in [0, 0.1) is 5.92 Å². The molecule has 3 atom stereocenters. The Hall–Kier alpha value is -3.54. The smallest absolute Gasteiger partial charge is 0.315 e. The van der Waals surface area contributed by atoms with E-state index in [1.54, 1.807) is 12.1 Å². The molecular formula is C26H27NO5. The molecule has 1 heterocycles. The molecule has 32 heavy (non-hydrogen) atoms. The van der Waals surface area contributed by atoms with E-state index < -0.39 is 17.8 Å². The normalized spacial score (nSPS) is 22.8. The summed E-state index contributed by atoms with van der Waals surface area (Å²) in [5, 5.41) is 13.4.